The minimum Gasteiger partial charge on any atom is -0.502 e. The number of halogens is 1. The number of hydrazone groups is 1. The highest BCUT2D eigenvalue weighted by Crippen LogP contribution is 2.27. The number of benzene rings is 2. The first-order chi connectivity index (χ1) is 11.5. The van der Waals surface area contributed by atoms with E-state index in [-0.39, 0.29) is 12.2 Å². The Morgan fingerprint density at radius 1 is 1.33 bits per heavy atom. The molecule has 0 bridgehead atoms. The molecule has 0 aliphatic carbocycles. The van der Waals surface area contributed by atoms with Gasteiger partial charge in [-0.2, -0.15) is 5.10 Å². The summed E-state index contributed by atoms with van der Waals surface area (Å²) in [5.74, 6) is -0.737. The van der Waals surface area contributed by atoms with Gasteiger partial charge in [0, 0.05) is 11.6 Å². The van der Waals surface area contributed by atoms with Crippen LogP contribution in [0.5, 0.6) is 11.5 Å². The Labute approximate surface area is 141 Å². The molecule has 0 aliphatic rings. The van der Waals surface area contributed by atoms with E-state index in [2.05, 4.69) is 10.5 Å². The molecule has 0 heterocycles. The largest absolute Gasteiger partial charge is 0.502 e. The van der Waals surface area contributed by atoms with Crippen LogP contribution in [-0.2, 0) is 4.79 Å². The van der Waals surface area contributed by atoms with Crippen LogP contribution in [0.15, 0.2) is 47.6 Å². The highest BCUT2D eigenvalue weighted by atomic mass is 35.5. The maximum atomic E-state index is 11.6. The monoisotopic (exact) mass is 349 g/mol. The summed E-state index contributed by atoms with van der Waals surface area (Å²) >= 11 is 5.88. The number of nitrogens with one attached hydrogen (secondary N) is 1. The number of phenolic OH excluding ortho intramolecular Hbond substituents is 1. The molecule has 0 aromatic heterocycles. The zero-order chi connectivity index (χ0) is 17.5. The first-order valence-corrected chi connectivity index (χ1v) is 7.02. The van der Waals surface area contributed by atoms with Crippen molar-refractivity contribution < 1.29 is 19.6 Å². The van der Waals surface area contributed by atoms with Gasteiger partial charge in [-0.3, -0.25) is 14.9 Å². The molecule has 0 saturated heterocycles. The van der Waals surface area contributed by atoms with E-state index >= 15 is 0 Å². The van der Waals surface area contributed by atoms with Crippen LogP contribution < -0.4 is 10.2 Å². The molecule has 2 rings (SSSR count). The van der Waals surface area contributed by atoms with Crippen molar-refractivity contribution in [1.29, 1.82) is 0 Å². The maximum absolute atomic E-state index is 11.6. The van der Waals surface area contributed by atoms with Gasteiger partial charge in [0.25, 0.3) is 5.91 Å². The lowest BCUT2D eigenvalue weighted by molar-refractivity contribution is -0.385. The zero-order valence-electron chi connectivity index (χ0n) is 12.2. The number of carbonyl (C=O) groups is 1. The second-order valence-electron chi connectivity index (χ2n) is 4.48. The predicted molar refractivity (Wildman–Crippen MR) is 87.4 cm³/mol. The topological polar surface area (TPSA) is 114 Å². The minimum absolute atomic E-state index is 0.0940. The summed E-state index contributed by atoms with van der Waals surface area (Å²) in [5, 5.41) is 24.4. The molecule has 24 heavy (non-hydrogen) atoms. The maximum Gasteiger partial charge on any atom is 0.311 e. The van der Waals surface area contributed by atoms with Crippen molar-refractivity contribution >= 4 is 29.4 Å². The zero-order valence-corrected chi connectivity index (χ0v) is 12.9. The van der Waals surface area contributed by atoms with E-state index in [0.29, 0.717) is 10.8 Å². The van der Waals surface area contributed by atoms with Crippen molar-refractivity contribution in [3.05, 3.63) is 63.2 Å². The highest BCUT2D eigenvalue weighted by molar-refractivity contribution is 6.32. The van der Waals surface area contributed by atoms with E-state index in [1.54, 1.807) is 24.3 Å². The predicted octanol–water partition coefficient (Wildman–Crippen LogP) is 2.48. The van der Waals surface area contributed by atoms with Crippen LogP contribution in [-0.4, -0.2) is 28.8 Å². The first-order valence-electron chi connectivity index (χ1n) is 6.64. The number of aromatic hydroxyl groups is 1. The minimum atomic E-state index is -0.720. The van der Waals surface area contributed by atoms with E-state index in [0.717, 1.165) is 12.3 Å². The number of ether oxygens (including phenoxy) is 1. The average molecular weight is 350 g/mol. The lowest BCUT2D eigenvalue weighted by Crippen LogP contribution is -2.24. The molecule has 0 radical (unpaired) electrons. The number of carbonyl (C=O) groups excluding carboxylic acids is 1. The van der Waals surface area contributed by atoms with Crippen molar-refractivity contribution in [2.45, 2.75) is 0 Å². The molecule has 1 amide bonds. The third-order valence-electron chi connectivity index (χ3n) is 2.83. The van der Waals surface area contributed by atoms with Gasteiger partial charge in [0.05, 0.1) is 16.2 Å². The van der Waals surface area contributed by atoms with Gasteiger partial charge in [-0.05, 0) is 18.2 Å². The normalized spacial score (nSPS) is 10.5. The first kappa shape index (κ1) is 17.2. The van der Waals surface area contributed by atoms with Gasteiger partial charge < -0.3 is 9.84 Å². The molecule has 0 spiro atoms. The number of hydrogen-bond acceptors (Lipinski definition) is 6. The SMILES string of the molecule is O=C(COc1ccccc1Cl)N/N=C\c1cccc([N+](=O)[O-])c1O. The van der Waals surface area contributed by atoms with Gasteiger partial charge in [-0.25, -0.2) is 5.43 Å². The number of nitrogens with zero attached hydrogens (tertiary/aromatic N) is 2. The van der Waals surface area contributed by atoms with Crippen LogP contribution in [0.4, 0.5) is 5.69 Å². The molecular formula is C15H12ClN3O5. The van der Waals surface area contributed by atoms with Gasteiger partial charge in [-0.15, -0.1) is 0 Å². The molecule has 0 aliphatic heterocycles. The van der Waals surface area contributed by atoms with Crippen LogP contribution >= 0.6 is 11.6 Å². The second-order valence-corrected chi connectivity index (χ2v) is 4.89. The number of para-hydroxylation sites is 2. The number of nitro benzene ring substituents is 1. The Morgan fingerprint density at radius 2 is 2.08 bits per heavy atom. The van der Waals surface area contributed by atoms with Gasteiger partial charge in [0.15, 0.2) is 6.61 Å². The van der Waals surface area contributed by atoms with E-state index in [1.165, 1.54) is 12.1 Å². The summed E-state index contributed by atoms with van der Waals surface area (Å²) in [7, 11) is 0. The Balaban J connectivity index is 1.92. The molecule has 2 N–H and O–H groups in total. The number of nitro groups is 1. The van der Waals surface area contributed by atoms with Gasteiger partial charge >= 0.3 is 5.69 Å². The number of amides is 1. The third-order valence-corrected chi connectivity index (χ3v) is 3.14. The number of hydrogen-bond donors (Lipinski definition) is 2. The number of phenols is 1. The van der Waals surface area contributed by atoms with Crippen LogP contribution in [0.3, 0.4) is 0 Å². The molecule has 0 saturated carbocycles. The van der Waals surface area contributed by atoms with Gasteiger partial charge in [0.1, 0.15) is 5.75 Å². The molecule has 9 heteroatoms. The summed E-state index contributed by atoms with van der Waals surface area (Å²) in [6.07, 6.45) is 1.09. The van der Waals surface area contributed by atoms with Crippen LogP contribution in [0.1, 0.15) is 5.56 Å². The van der Waals surface area contributed by atoms with E-state index in [4.69, 9.17) is 16.3 Å². The van der Waals surface area contributed by atoms with Crippen molar-refractivity contribution in [3.8, 4) is 11.5 Å². The van der Waals surface area contributed by atoms with Gasteiger partial charge in [-0.1, -0.05) is 29.8 Å². The summed E-state index contributed by atoms with van der Waals surface area (Å²) in [6.45, 7) is -0.317. The van der Waals surface area contributed by atoms with Crippen molar-refractivity contribution in [3.63, 3.8) is 0 Å². The molecule has 0 atom stereocenters. The van der Waals surface area contributed by atoms with Gasteiger partial charge in [0.2, 0.25) is 5.75 Å². The van der Waals surface area contributed by atoms with E-state index in [9.17, 15) is 20.0 Å². The molecular weight excluding hydrogens is 338 g/mol. The molecule has 2 aromatic rings. The second kappa shape index (κ2) is 7.93. The fourth-order valence-electron chi connectivity index (χ4n) is 1.71. The van der Waals surface area contributed by atoms with E-state index in [1.807, 2.05) is 0 Å². The van der Waals surface area contributed by atoms with Crippen molar-refractivity contribution in [2.75, 3.05) is 6.61 Å². The Kier molecular flexibility index (Phi) is 5.69. The molecule has 124 valence electrons. The molecule has 8 nitrogen and oxygen atoms in total. The summed E-state index contributed by atoms with van der Waals surface area (Å²) in [6, 6.07) is 10.6. The van der Waals surface area contributed by atoms with Crippen LogP contribution in [0.25, 0.3) is 0 Å². The Morgan fingerprint density at radius 3 is 2.79 bits per heavy atom. The van der Waals surface area contributed by atoms with Crippen LogP contribution in [0, 0.1) is 10.1 Å². The number of rotatable bonds is 6. The quantitative estimate of drug-likeness (QED) is 0.472. The molecule has 2 aromatic carbocycles. The average Bonchev–Trinajstić information content (AvgIpc) is 2.55. The lowest BCUT2D eigenvalue weighted by Gasteiger charge is -2.06. The van der Waals surface area contributed by atoms with Crippen molar-refractivity contribution in [2.24, 2.45) is 5.10 Å². The summed E-state index contributed by atoms with van der Waals surface area (Å²) in [4.78, 5) is 21.6. The Bertz CT molecular complexity index is 794. The highest BCUT2D eigenvalue weighted by Gasteiger charge is 2.15. The standard InChI is InChI=1S/C15H12ClN3O5/c16-11-5-1-2-7-13(11)24-9-14(20)18-17-8-10-4-3-6-12(15(10)21)19(22)23/h1-8,21H,9H2,(H,18,20)/b17-8-. The fourth-order valence-corrected chi connectivity index (χ4v) is 1.90. The lowest BCUT2D eigenvalue weighted by atomic mass is 10.2. The van der Waals surface area contributed by atoms with E-state index < -0.39 is 22.3 Å². The van der Waals surface area contributed by atoms with Crippen LogP contribution in [0.2, 0.25) is 5.02 Å². The summed E-state index contributed by atoms with van der Waals surface area (Å²) in [5.41, 5.74) is 1.82. The smallest absolute Gasteiger partial charge is 0.311 e. The Hall–Kier alpha value is -3.13. The third kappa shape index (κ3) is 4.43. The summed E-state index contributed by atoms with van der Waals surface area (Å²) < 4.78 is 5.22. The molecule has 0 fully saturated rings. The fraction of sp³-hybridized carbons (Fsp3) is 0.0667. The van der Waals surface area contributed by atoms with Crippen molar-refractivity contribution in [1.82, 2.24) is 5.43 Å². The molecule has 0 unspecified atom stereocenters.